The molecule has 4 N–H and O–H groups in total. The number of carboxylic acid groups (broad SMARTS) is 1. The maximum Gasteiger partial charge on any atom is 0.328 e. The van der Waals surface area contributed by atoms with Crippen LogP contribution in [0.3, 0.4) is 0 Å². The minimum absolute atomic E-state index is 0.498. The molecule has 0 bridgehead atoms. The molecule has 0 saturated carbocycles. The summed E-state index contributed by atoms with van der Waals surface area (Å²) in [6.45, 7) is 1.14. The number of ether oxygens (including phenoxy) is 1. The van der Waals surface area contributed by atoms with Gasteiger partial charge in [0.25, 0.3) is 0 Å². The van der Waals surface area contributed by atoms with Crippen LogP contribution in [0.25, 0.3) is 0 Å². The van der Waals surface area contributed by atoms with Crippen molar-refractivity contribution in [3.63, 3.8) is 0 Å². The van der Waals surface area contributed by atoms with Crippen molar-refractivity contribution in [2.45, 2.75) is 13.0 Å². The van der Waals surface area contributed by atoms with Gasteiger partial charge in [0.2, 0.25) is 0 Å². The summed E-state index contributed by atoms with van der Waals surface area (Å²) in [6, 6.07) is 2.96. The minimum atomic E-state index is -1.33. The number of amides is 2. The quantitative estimate of drug-likeness (QED) is 0.624. The Labute approximate surface area is 110 Å². The number of anilines is 1. The van der Waals surface area contributed by atoms with Crippen molar-refractivity contribution in [1.29, 1.82) is 0 Å². The fraction of sp³-hybridized carbons (Fsp3) is 0.333. The smallest absolute Gasteiger partial charge is 0.328 e. The molecule has 0 radical (unpaired) electrons. The lowest BCUT2D eigenvalue weighted by atomic mass is 10.2. The Hall–Kier alpha value is -2.28. The second kappa shape index (κ2) is 6.60. The van der Waals surface area contributed by atoms with Crippen LogP contribution in [-0.2, 0) is 4.79 Å². The Morgan fingerprint density at radius 1 is 1.42 bits per heavy atom. The Balaban J connectivity index is 2.67. The average molecular weight is 268 g/mol. The maximum atomic E-state index is 11.5. The fourth-order valence-corrected chi connectivity index (χ4v) is 1.47. The van der Waals surface area contributed by atoms with Crippen molar-refractivity contribution in [3.05, 3.63) is 23.8 Å². The van der Waals surface area contributed by atoms with E-state index in [-0.39, 0.29) is 0 Å². The summed E-state index contributed by atoms with van der Waals surface area (Å²) in [7, 11) is 1.54. The van der Waals surface area contributed by atoms with Crippen molar-refractivity contribution in [1.82, 2.24) is 5.32 Å². The number of aliphatic hydroxyl groups is 1. The predicted molar refractivity (Wildman–Crippen MR) is 68.4 cm³/mol. The van der Waals surface area contributed by atoms with Crippen LogP contribution in [0.5, 0.6) is 5.75 Å². The molecule has 19 heavy (non-hydrogen) atoms. The molecule has 104 valence electrons. The number of carboxylic acids is 1. The Kier molecular flexibility index (Phi) is 5.13. The first-order valence-electron chi connectivity index (χ1n) is 5.53. The van der Waals surface area contributed by atoms with E-state index in [1.165, 1.54) is 0 Å². The van der Waals surface area contributed by atoms with E-state index < -0.39 is 24.6 Å². The van der Waals surface area contributed by atoms with Gasteiger partial charge >= 0.3 is 12.0 Å². The van der Waals surface area contributed by atoms with Crippen LogP contribution in [0, 0.1) is 6.92 Å². The number of carbonyl (C=O) groups excluding carboxylic acids is 1. The van der Waals surface area contributed by atoms with Gasteiger partial charge in [-0.15, -0.1) is 0 Å². The van der Waals surface area contributed by atoms with Gasteiger partial charge in [0.15, 0.2) is 6.04 Å². The third-order valence-corrected chi connectivity index (χ3v) is 2.44. The molecule has 1 aromatic carbocycles. The van der Waals surface area contributed by atoms with Crippen LogP contribution in [0.2, 0.25) is 0 Å². The zero-order chi connectivity index (χ0) is 14.4. The van der Waals surface area contributed by atoms with Gasteiger partial charge in [-0.1, -0.05) is 0 Å². The molecule has 2 amide bonds. The number of nitrogens with one attached hydrogen (secondary N) is 2. The van der Waals surface area contributed by atoms with Crippen molar-refractivity contribution in [2.75, 3.05) is 19.0 Å². The first-order chi connectivity index (χ1) is 8.97. The molecule has 0 unspecified atom stereocenters. The van der Waals surface area contributed by atoms with E-state index in [4.69, 9.17) is 14.9 Å². The van der Waals surface area contributed by atoms with Gasteiger partial charge in [-0.25, -0.2) is 9.59 Å². The summed E-state index contributed by atoms with van der Waals surface area (Å²) < 4.78 is 5.08. The van der Waals surface area contributed by atoms with Gasteiger partial charge in [0, 0.05) is 5.69 Å². The number of methoxy groups -OCH3 is 1. The summed E-state index contributed by atoms with van der Waals surface area (Å²) in [4.78, 5) is 22.2. The third-order valence-electron chi connectivity index (χ3n) is 2.44. The highest BCUT2D eigenvalue weighted by atomic mass is 16.5. The molecule has 0 saturated heterocycles. The summed E-state index contributed by atoms with van der Waals surface area (Å²) >= 11 is 0. The zero-order valence-electron chi connectivity index (χ0n) is 10.6. The van der Waals surface area contributed by atoms with Crippen LogP contribution < -0.4 is 15.4 Å². The molecule has 1 rings (SSSR count). The number of rotatable bonds is 5. The molecule has 0 aliphatic heterocycles. The predicted octanol–water partition coefficient (Wildman–Crippen LogP) is 0.571. The second-order valence-electron chi connectivity index (χ2n) is 3.86. The highest BCUT2D eigenvalue weighted by Gasteiger charge is 2.18. The van der Waals surface area contributed by atoms with E-state index in [9.17, 15) is 9.59 Å². The monoisotopic (exact) mass is 268 g/mol. The molecule has 0 spiro atoms. The molecule has 1 atom stereocenters. The summed E-state index contributed by atoms with van der Waals surface area (Å²) in [5.41, 5.74) is 1.33. The molecule has 0 heterocycles. The number of urea groups is 1. The largest absolute Gasteiger partial charge is 0.496 e. The number of aliphatic carboxylic acids is 1. The van der Waals surface area contributed by atoms with Crippen molar-refractivity contribution >= 4 is 17.7 Å². The fourth-order valence-electron chi connectivity index (χ4n) is 1.47. The normalized spacial score (nSPS) is 11.5. The Morgan fingerprint density at radius 2 is 2.11 bits per heavy atom. The van der Waals surface area contributed by atoms with Gasteiger partial charge in [0.1, 0.15) is 5.75 Å². The molecule has 7 nitrogen and oxygen atoms in total. The standard InChI is InChI=1S/C12H16N2O5/c1-7-5-8(3-4-10(7)19-2)13-12(18)14-9(6-15)11(16)17/h3-5,9,15H,6H2,1-2H3,(H,16,17)(H2,13,14,18)/t9-/m0/s1. The van der Waals surface area contributed by atoms with E-state index in [2.05, 4.69) is 10.6 Å². The van der Waals surface area contributed by atoms with Crippen molar-refractivity contribution in [2.24, 2.45) is 0 Å². The molecular weight excluding hydrogens is 252 g/mol. The first-order valence-corrected chi connectivity index (χ1v) is 5.53. The third kappa shape index (κ3) is 4.14. The van der Waals surface area contributed by atoms with E-state index in [0.29, 0.717) is 11.4 Å². The van der Waals surface area contributed by atoms with E-state index in [1.807, 2.05) is 6.92 Å². The van der Waals surface area contributed by atoms with Gasteiger partial charge in [-0.3, -0.25) is 0 Å². The zero-order valence-corrected chi connectivity index (χ0v) is 10.6. The Bertz CT molecular complexity index is 475. The average Bonchev–Trinajstić information content (AvgIpc) is 2.35. The first kappa shape index (κ1) is 14.8. The van der Waals surface area contributed by atoms with Crippen LogP contribution in [0.15, 0.2) is 18.2 Å². The van der Waals surface area contributed by atoms with Crippen LogP contribution in [0.4, 0.5) is 10.5 Å². The second-order valence-corrected chi connectivity index (χ2v) is 3.86. The molecule has 0 aliphatic carbocycles. The van der Waals surface area contributed by atoms with Crippen molar-refractivity contribution in [3.8, 4) is 5.75 Å². The van der Waals surface area contributed by atoms with E-state index in [0.717, 1.165) is 5.56 Å². The van der Waals surface area contributed by atoms with Crippen LogP contribution in [0.1, 0.15) is 5.56 Å². The lowest BCUT2D eigenvalue weighted by Gasteiger charge is -2.13. The van der Waals surface area contributed by atoms with Gasteiger partial charge in [0.05, 0.1) is 13.7 Å². The molecule has 1 aromatic rings. The topological polar surface area (TPSA) is 108 Å². The SMILES string of the molecule is COc1ccc(NC(=O)N[C@@H](CO)C(=O)O)cc1C. The lowest BCUT2D eigenvalue weighted by molar-refractivity contribution is -0.140. The van der Waals surface area contributed by atoms with E-state index >= 15 is 0 Å². The van der Waals surface area contributed by atoms with E-state index in [1.54, 1.807) is 25.3 Å². The van der Waals surface area contributed by atoms with Crippen LogP contribution in [-0.4, -0.2) is 42.0 Å². The van der Waals surface area contributed by atoms with Crippen molar-refractivity contribution < 1.29 is 24.5 Å². The van der Waals surface area contributed by atoms with Crippen LogP contribution >= 0.6 is 0 Å². The number of benzene rings is 1. The maximum absolute atomic E-state index is 11.5. The molecule has 0 fully saturated rings. The summed E-state index contributed by atoms with van der Waals surface area (Å²) in [5, 5.41) is 22.1. The number of hydrogen-bond donors (Lipinski definition) is 4. The molecule has 0 aliphatic rings. The lowest BCUT2D eigenvalue weighted by Crippen LogP contribution is -2.45. The van der Waals surface area contributed by atoms with Gasteiger partial charge < -0.3 is 25.6 Å². The summed E-state index contributed by atoms with van der Waals surface area (Å²) in [6.07, 6.45) is 0. The highest BCUT2D eigenvalue weighted by molar-refractivity contribution is 5.92. The molecule has 0 aromatic heterocycles. The molecule has 7 heteroatoms. The Morgan fingerprint density at radius 3 is 2.58 bits per heavy atom. The molecular formula is C12H16N2O5. The van der Waals surface area contributed by atoms with Gasteiger partial charge in [-0.05, 0) is 30.7 Å². The number of carbonyl (C=O) groups is 2. The summed E-state index contributed by atoms with van der Waals surface area (Å²) in [5.74, 6) is -0.617. The highest BCUT2D eigenvalue weighted by Crippen LogP contribution is 2.21. The van der Waals surface area contributed by atoms with Gasteiger partial charge in [-0.2, -0.15) is 0 Å². The number of aryl methyl sites for hydroxylation is 1. The number of hydrogen-bond acceptors (Lipinski definition) is 4. The number of aliphatic hydroxyl groups excluding tert-OH is 1. The minimum Gasteiger partial charge on any atom is -0.496 e.